The highest BCUT2D eigenvalue weighted by molar-refractivity contribution is 9.10. The molecule has 1 N–H and O–H groups in total. The number of carbonyl (C=O) groups excluding carboxylic acids is 1. The van der Waals surface area contributed by atoms with Crippen molar-refractivity contribution in [1.29, 1.82) is 0 Å². The van der Waals surface area contributed by atoms with Crippen LogP contribution in [0.5, 0.6) is 0 Å². The maximum atomic E-state index is 13.4. The van der Waals surface area contributed by atoms with E-state index in [9.17, 15) is 9.18 Å². The number of aryl methyl sites for hydroxylation is 1. The number of halogens is 2. The third-order valence-corrected chi connectivity index (χ3v) is 2.80. The van der Waals surface area contributed by atoms with Crippen LogP contribution in [0.2, 0.25) is 0 Å². The van der Waals surface area contributed by atoms with E-state index in [1.165, 1.54) is 18.2 Å². The first-order valence-corrected chi connectivity index (χ1v) is 6.34. The average molecular weight is 324 g/mol. The Morgan fingerprint density at radius 3 is 2.84 bits per heavy atom. The minimum absolute atomic E-state index is 0.162. The molecule has 0 fully saturated rings. The molecule has 1 aromatic carbocycles. The van der Waals surface area contributed by atoms with Gasteiger partial charge in [-0.2, -0.15) is 0 Å². The molecule has 0 aliphatic rings. The maximum Gasteiger partial charge on any atom is 0.248 e. The molecule has 1 amide bonds. The van der Waals surface area contributed by atoms with E-state index >= 15 is 0 Å². The lowest BCUT2D eigenvalue weighted by Gasteiger charge is -2.04. The summed E-state index contributed by atoms with van der Waals surface area (Å²) in [4.78, 5) is 11.6. The van der Waals surface area contributed by atoms with Crippen LogP contribution in [0.15, 0.2) is 45.5 Å². The number of furan rings is 1. The van der Waals surface area contributed by atoms with Gasteiger partial charge >= 0.3 is 0 Å². The molecule has 0 aliphatic carbocycles. The van der Waals surface area contributed by atoms with Crippen molar-refractivity contribution in [2.24, 2.45) is 0 Å². The first-order valence-electron chi connectivity index (χ1n) is 5.55. The molecule has 1 heterocycles. The van der Waals surface area contributed by atoms with E-state index in [-0.39, 0.29) is 5.69 Å². The maximum absolute atomic E-state index is 13.4. The number of amides is 1. The topological polar surface area (TPSA) is 42.2 Å². The number of rotatable bonds is 3. The van der Waals surface area contributed by atoms with Gasteiger partial charge in [0.25, 0.3) is 0 Å². The highest BCUT2D eigenvalue weighted by atomic mass is 79.9. The van der Waals surface area contributed by atoms with Crippen molar-refractivity contribution in [3.8, 4) is 0 Å². The Bertz CT molecular complexity index is 634. The predicted molar refractivity (Wildman–Crippen MR) is 75.2 cm³/mol. The van der Waals surface area contributed by atoms with Crippen molar-refractivity contribution in [2.75, 3.05) is 5.32 Å². The van der Waals surface area contributed by atoms with Crippen LogP contribution in [-0.4, -0.2) is 5.91 Å². The second-order valence-corrected chi connectivity index (χ2v) is 4.73. The van der Waals surface area contributed by atoms with Crippen molar-refractivity contribution in [2.45, 2.75) is 6.92 Å². The van der Waals surface area contributed by atoms with Gasteiger partial charge in [-0.15, -0.1) is 0 Å². The average Bonchev–Trinajstić information content (AvgIpc) is 2.77. The zero-order valence-corrected chi connectivity index (χ0v) is 11.7. The molecule has 3 nitrogen and oxygen atoms in total. The molecule has 98 valence electrons. The fraction of sp³-hybridized carbons (Fsp3) is 0.0714. The van der Waals surface area contributed by atoms with Gasteiger partial charge in [0.2, 0.25) is 5.91 Å². The predicted octanol–water partition coefficient (Wildman–Crippen LogP) is 4.14. The normalized spacial score (nSPS) is 10.9. The molecule has 2 rings (SSSR count). The Balaban J connectivity index is 2.05. The molecular formula is C14H11BrFNO2. The summed E-state index contributed by atoms with van der Waals surface area (Å²) < 4.78 is 19.2. The van der Waals surface area contributed by atoms with Crippen LogP contribution < -0.4 is 5.32 Å². The third-order valence-electron chi connectivity index (χ3n) is 2.37. The SMILES string of the molecule is Cc1ccc(F)c(NC(=O)/C=C/c2ccc(Br)o2)c1. The summed E-state index contributed by atoms with van der Waals surface area (Å²) in [5.41, 5.74) is 1.03. The number of hydrogen-bond acceptors (Lipinski definition) is 2. The van der Waals surface area contributed by atoms with E-state index in [1.807, 2.05) is 6.92 Å². The Hall–Kier alpha value is -1.88. The fourth-order valence-corrected chi connectivity index (χ4v) is 1.80. The van der Waals surface area contributed by atoms with Crippen LogP contribution in [0.1, 0.15) is 11.3 Å². The Morgan fingerprint density at radius 1 is 1.37 bits per heavy atom. The van der Waals surface area contributed by atoms with Gasteiger partial charge in [0, 0.05) is 6.08 Å². The summed E-state index contributed by atoms with van der Waals surface area (Å²) in [6.45, 7) is 1.82. The fourth-order valence-electron chi connectivity index (χ4n) is 1.48. The van der Waals surface area contributed by atoms with Crippen LogP contribution >= 0.6 is 15.9 Å². The number of nitrogens with one attached hydrogen (secondary N) is 1. The highest BCUT2D eigenvalue weighted by Gasteiger charge is 2.05. The summed E-state index contributed by atoms with van der Waals surface area (Å²) in [7, 11) is 0. The minimum atomic E-state index is -0.465. The molecule has 5 heteroatoms. The molecule has 0 atom stereocenters. The molecule has 0 saturated carbocycles. The van der Waals surface area contributed by atoms with E-state index in [1.54, 1.807) is 24.3 Å². The van der Waals surface area contributed by atoms with Crippen molar-refractivity contribution in [3.05, 3.63) is 58.2 Å². The summed E-state index contributed by atoms with van der Waals surface area (Å²) in [5.74, 6) is -0.350. The van der Waals surface area contributed by atoms with Crippen LogP contribution in [0.25, 0.3) is 6.08 Å². The summed E-state index contributed by atoms with van der Waals surface area (Å²) in [6.07, 6.45) is 2.79. The van der Waals surface area contributed by atoms with Gasteiger partial charge in [-0.1, -0.05) is 6.07 Å². The van der Waals surface area contributed by atoms with E-state index < -0.39 is 11.7 Å². The lowest BCUT2D eigenvalue weighted by molar-refractivity contribution is -0.111. The first kappa shape index (κ1) is 13.5. The van der Waals surface area contributed by atoms with Gasteiger partial charge in [-0.05, 0) is 58.8 Å². The molecule has 1 aromatic heterocycles. The minimum Gasteiger partial charge on any atom is -0.450 e. The van der Waals surface area contributed by atoms with Gasteiger partial charge in [0.1, 0.15) is 11.6 Å². The Labute approximate surface area is 118 Å². The van der Waals surface area contributed by atoms with Crippen LogP contribution in [0.3, 0.4) is 0 Å². The van der Waals surface area contributed by atoms with E-state index in [2.05, 4.69) is 21.2 Å². The van der Waals surface area contributed by atoms with Crippen molar-refractivity contribution in [3.63, 3.8) is 0 Å². The summed E-state index contributed by atoms with van der Waals surface area (Å²) in [5, 5.41) is 2.47. The number of carbonyl (C=O) groups is 1. The first-order chi connectivity index (χ1) is 9.04. The Morgan fingerprint density at radius 2 is 2.16 bits per heavy atom. The largest absolute Gasteiger partial charge is 0.450 e. The van der Waals surface area contributed by atoms with Gasteiger partial charge in [0.15, 0.2) is 4.67 Å². The second-order valence-electron chi connectivity index (χ2n) is 3.95. The zero-order valence-electron chi connectivity index (χ0n) is 10.1. The number of anilines is 1. The molecule has 19 heavy (non-hydrogen) atoms. The van der Waals surface area contributed by atoms with E-state index in [0.717, 1.165) is 5.56 Å². The molecule has 0 saturated heterocycles. The van der Waals surface area contributed by atoms with Crippen molar-refractivity contribution >= 4 is 33.6 Å². The van der Waals surface area contributed by atoms with Gasteiger partial charge in [-0.25, -0.2) is 4.39 Å². The van der Waals surface area contributed by atoms with Crippen molar-refractivity contribution in [1.82, 2.24) is 0 Å². The molecule has 0 aliphatic heterocycles. The van der Waals surface area contributed by atoms with Crippen molar-refractivity contribution < 1.29 is 13.6 Å². The molecule has 0 radical (unpaired) electrons. The zero-order chi connectivity index (χ0) is 13.8. The second kappa shape index (κ2) is 5.84. The third kappa shape index (κ3) is 3.79. The molecule has 2 aromatic rings. The monoisotopic (exact) mass is 323 g/mol. The van der Waals surface area contributed by atoms with Gasteiger partial charge in [-0.3, -0.25) is 4.79 Å². The van der Waals surface area contributed by atoms with Gasteiger partial charge < -0.3 is 9.73 Å². The standard InChI is InChI=1S/C14H11BrFNO2/c1-9-2-5-11(16)12(8-9)17-14(18)7-4-10-3-6-13(15)19-10/h2-8H,1H3,(H,17,18)/b7-4+. The van der Waals surface area contributed by atoms with E-state index in [4.69, 9.17) is 4.42 Å². The van der Waals surface area contributed by atoms with E-state index in [0.29, 0.717) is 10.4 Å². The van der Waals surface area contributed by atoms with Crippen LogP contribution in [0.4, 0.5) is 10.1 Å². The number of hydrogen-bond donors (Lipinski definition) is 1. The highest BCUT2D eigenvalue weighted by Crippen LogP contribution is 2.17. The lowest BCUT2D eigenvalue weighted by Crippen LogP contribution is -2.09. The smallest absolute Gasteiger partial charge is 0.248 e. The lowest BCUT2D eigenvalue weighted by atomic mass is 10.2. The van der Waals surface area contributed by atoms with Crippen LogP contribution in [-0.2, 0) is 4.79 Å². The molecular weight excluding hydrogens is 313 g/mol. The molecule has 0 unspecified atom stereocenters. The molecule has 0 bridgehead atoms. The van der Waals surface area contributed by atoms with Crippen LogP contribution in [0, 0.1) is 12.7 Å². The summed E-state index contributed by atoms with van der Waals surface area (Å²) in [6, 6.07) is 7.96. The van der Waals surface area contributed by atoms with Gasteiger partial charge in [0.05, 0.1) is 5.69 Å². The number of benzene rings is 1. The quantitative estimate of drug-likeness (QED) is 0.862. The Kier molecular flexibility index (Phi) is 4.16. The summed E-state index contributed by atoms with van der Waals surface area (Å²) >= 11 is 3.16. The molecule has 0 spiro atoms.